The molecule has 0 bridgehead atoms. The minimum Gasteiger partial charge on any atom is -0.394 e. The lowest BCUT2D eigenvalue weighted by Gasteiger charge is -2.49. The predicted octanol–water partition coefficient (Wildman–Crippen LogP) is -9.61. The molecule has 4 rings (SSSR count). The first-order valence-electron chi connectivity index (χ1n) is 15.1. The lowest BCUT2D eigenvalue weighted by atomic mass is 9.95. The molecule has 0 saturated carbocycles. The lowest BCUT2D eigenvalue weighted by Crippen LogP contribution is -2.69. The number of amides is 1. The first-order chi connectivity index (χ1) is 22.7. The van der Waals surface area contributed by atoms with Crippen LogP contribution in [-0.2, 0) is 38.0 Å². The molecule has 280 valence electrons. The fourth-order valence-electron chi connectivity index (χ4n) is 5.95. The van der Waals surface area contributed by atoms with Crippen molar-refractivity contribution in [3.05, 3.63) is 0 Å². The quantitative estimate of drug-likeness (QED) is 0.0947. The zero-order valence-electron chi connectivity index (χ0n) is 25.5. The molecule has 0 spiro atoms. The van der Waals surface area contributed by atoms with E-state index in [1.807, 2.05) is 0 Å². The van der Waals surface area contributed by atoms with E-state index in [2.05, 4.69) is 5.32 Å². The summed E-state index contributed by atoms with van der Waals surface area (Å²) in [6.07, 6.45) is -33.5. The van der Waals surface area contributed by atoms with Crippen LogP contribution in [0.15, 0.2) is 0 Å². The third-order valence-electron chi connectivity index (χ3n) is 8.61. The molecule has 14 N–H and O–H groups in total. The van der Waals surface area contributed by atoms with Gasteiger partial charge in [0.05, 0.1) is 26.4 Å². The first kappa shape index (κ1) is 39.5. The molecular weight excluding hydrogens is 662 g/mol. The Balaban J connectivity index is 1.51. The summed E-state index contributed by atoms with van der Waals surface area (Å²) in [6.45, 7) is -2.35. The highest BCUT2D eigenvalue weighted by molar-refractivity contribution is 5.73. The molecule has 4 fully saturated rings. The van der Waals surface area contributed by atoms with Crippen molar-refractivity contribution >= 4 is 5.91 Å². The van der Waals surface area contributed by atoms with E-state index < -0.39 is 155 Å². The first-order valence-corrected chi connectivity index (χ1v) is 15.1. The van der Waals surface area contributed by atoms with Crippen LogP contribution < -0.4 is 5.32 Å². The van der Waals surface area contributed by atoms with Crippen molar-refractivity contribution in [3.8, 4) is 0 Å². The Hall–Kier alpha value is -1.33. The fraction of sp³-hybridized carbons (Fsp3) is 0.962. The summed E-state index contributed by atoms with van der Waals surface area (Å²) in [5.74, 6) is -0.693. The van der Waals surface area contributed by atoms with Gasteiger partial charge in [0.1, 0.15) is 97.6 Å². The molecule has 0 aromatic rings. The zero-order valence-corrected chi connectivity index (χ0v) is 25.5. The molecule has 0 radical (unpaired) electrons. The van der Waals surface area contributed by atoms with Crippen molar-refractivity contribution in [3.63, 3.8) is 0 Å². The number of hydrogen-bond donors (Lipinski definition) is 14. The standard InChI is InChI=1S/C26H45NO21/c1-6(32)27-11-14(35)12(33)7(2-28)43-24(11)48-22-13(34)8(3-29)44-26(19(22)40)47-21-10(5-31)45-25(18(39)16(21)37)46-20-9(4-30)42-23(41)17(38)15(20)36/h7-26,28-31,33-41H,2-5H2,1H3,(H,27,32)/t7-,8-,9-,10-,11-,12+,13+,14-,15-,16-,17-,18-,19-,20-,21+,22+,23?,24-,25+,26-/m1/s1. The molecule has 22 nitrogen and oxygen atoms in total. The number of rotatable bonds is 11. The third-order valence-corrected chi connectivity index (χ3v) is 8.61. The molecule has 48 heavy (non-hydrogen) atoms. The van der Waals surface area contributed by atoms with E-state index in [0.717, 1.165) is 6.92 Å². The summed E-state index contributed by atoms with van der Waals surface area (Å²) in [7, 11) is 0. The lowest BCUT2D eigenvalue weighted by molar-refractivity contribution is -0.385. The average molecular weight is 708 g/mol. The maximum Gasteiger partial charge on any atom is 0.217 e. The van der Waals surface area contributed by atoms with Crippen molar-refractivity contribution in [2.45, 2.75) is 130 Å². The van der Waals surface area contributed by atoms with Gasteiger partial charge in [-0.25, -0.2) is 0 Å². The van der Waals surface area contributed by atoms with Crippen LogP contribution in [0.2, 0.25) is 0 Å². The second-order valence-electron chi connectivity index (χ2n) is 11.9. The van der Waals surface area contributed by atoms with Crippen LogP contribution in [0.4, 0.5) is 0 Å². The molecule has 4 aliphatic heterocycles. The van der Waals surface area contributed by atoms with E-state index in [-0.39, 0.29) is 0 Å². The maximum atomic E-state index is 11.8. The summed E-state index contributed by atoms with van der Waals surface area (Å²) in [5, 5.41) is 136. The van der Waals surface area contributed by atoms with Crippen molar-refractivity contribution in [1.29, 1.82) is 0 Å². The van der Waals surface area contributed by atoms with E-state index in [4.69, 9.17) is 33.2 Å². The number of hydrogen-bond acceptors (Lipinski definition) is 21. The van der Waals surface area contributed by atoms with Gasteiger partial charge < -0.3 is 105 Å². The summed E-state index contributed by atoms with van der Waals surface area (Å²) in [6, 6.07) is -1.49. The normalized spacial score (nSPS) is 50.2. The van der Waals surface area contributed by atoms with Gasteiger partial charge in [0.2, 0.25) is 5.91 Å². The summed E-state index contributed by atoms with van der Waals surface area (Å²) in [5.41, 5.74) is 0. The van der Waals surface area contributed by atoms with Crippen LogP contribution in [0, 0.1) is 0 Å². The second kappa shape index (κ2) is 16.8. The summed E-state index contributed by atoms with van der Waals surface area (Å²) >= 11 is 0. The number of ether oxygens (including phenoxy) is 7. The summed E-state index contributed by atoms with van der Waals surface area (Å²) < 4.78 is 38.4. The topological polar surface area (TPSA) is 357 Å². The van der Waals surface area contributed by atoms with Crippen molar-refractivity contribution in [2.75, 3.05) is 26.4 Å². The number of nitrogens with one attached hydrogen (secondary N) is 1. The monoisotopic (exact) mass is 707 g/mol. The van der Waals surface area contributed by atoms with E-state index in [1.54, 1.807) is 0 Å². The molecule has 0 aromatic carbocycles. The van der Waals surface area contributed by atoms with Gasteiger partial charge in [0.15, 0.2) is 25.2 Å². The van der Waals surface area contributed by atoms with E-state index in [0.29, 0.717) is 0 Å². The Kier molecular flexibility index (Phi) is 13.8. The maximum absolute atomic E-state index is 11.8. The van der Waals surface area contributed by atoms with E-state index in [1.165, 1.54) is 0 Å². The minimum absolute atomic E-state index is 0.693. The Labute approximate surface area is 272 Å². The van der Waals surface area contributed by atoms with Crippen LogP contribution in [0.3, 0.4) is 0 Å². The smallest absolute Gasteiger partial charge is 0.217 e. The Morgan fingerprint density at radius 3 is 1.48 bits per heavy atom. The van der Waals surface area contributed by atoms with Gasteiger partial charge in [-0.1, -0.05) is 0 Å². The van der Waals surface area contributed by atoms with E-state index >= 15 is 0 Å². The Morgan fingerprint density at radius 1 is 0.500 bits per heavy atom. The van der Waals surface area contributed by atoms with E-state index in [9.17, 15) is 71.2 Å². The van der Waals surface area contributed by atoms with Gasteiger partial charge in [0, 0.05) is 6.92 Å². The van der Waals surface area contributed by atoms with Gasteiger partial charge >= 0.3 is 0 Å². The van der Waals surface area contributed by atoms with Gasteiger partial charge in [-0.3, -0.25) is 4.79 Å². The van der Waals surface area contributed by atoms with Crippen LogP contribution in [-0.4, -0.2) is 221 Å². The molecule has 20 atom stereocenters. The fourth-order valence-corrected chi connectivity index (χ4v) is 5.95. The Bertz CT molecular complexity index is 1030. The molecule has 4 aliphatic rings. The second-order valence-corrected chi connectivity index (χ2v) is 11.9. The number of aliphatic hydroxyl groups excluding tert-OH is 13. The molecule has 1 unspecified atom stereocenters. The zero-order chi connectivity index (χ0) is 35.6. The average Bonchev–Trinajstić information content (AvgIpc) is 3.06. The Morgan fingerprint density at radius 2 is 0.938 bits per heavy atom. The summed E-state index contributed by atoms with van der Waals surface area (Å²) in [4.78, 5) is 11.8. The molecule has 22 heteroatoms. The van der Waals surface area contributed by atoms with Crippen molar-refractivity contribution in [2.24, 2.45) is 0 Å². The van der Waals surface area contributed by atoms with Crippen LogP contribution in [0.5, 0.6) is 0 Å². The molecule has 0 aromatic heterocycles. The highest BCUT2D eigenvalue weighted by Crippen LogP contribution is 2.34. The highest BCUT2D eigenvalue weighted by atomic mass is 16.8. The molecule has 1 amide bonds. The highest BCUT2D eigenvalue weighted by Gasteiger charge is 2.55. The largest absolute Gasteiger partial charge is 0.394 e. The van der Waals surface area contributed by atoms with Gasteiger partial charge in [-0.05, 0) is 0 Å². The third kappa shape index (κ3) is 8.08. The van der Waals surface area contributed by atoms with Crippen LogP contribution in [0.1, 0.15) is 6.92 Å². The van der Waals surface area contributed by atoms with Crippen molar-refractivity contribution in [1.82, 2.24) is 5.32 Å². The SMILES string of the molecule is CC(=O)N[C@H]1[C@@H](O[C@H]2[C@@H](O)[C@@H](CO)O[C@H](O[C@@H]3[C@H](O)[C@@H](O)[C@H](O[C@H]4[C@H](O)[C@@H](O)C(O)O[C@@H]4CO)O[C@@H]3CO)[C@@H]2O)O[C@H](CO)[C@H](O)[C@@H]1O. The van der Waals surface area contributed by atoms with Gasteiger partial charge in [-0.2, -0.15) is 0 Å². The van der Waals surface area contributed by atoms with Gasteiger partial charge in [0.25, 0.3) is 0 Å². The number of carbonyl (C=O) groups excluding carboxylic acids is 1. The molecule has 4 saturated heterocycles. The van der Waals surface area contributed by atoms with Crippen molar-refractivity contribution < 1.29 is 104 Å². The molecule has 0 aliphatic carbocycles. The minimum atomic E-state index is -2.03. The molecular formula is C26H45NO21. The number of carbonyl (C=O) groups is 1. The predicted molar refractivity (Wildman–Crippen MR) is 145 cm³/mol. The van der Waals surface area contributed by atoms with Crippen LogP contribution >= 0.6 is 0 Å². The van der Waals surface area contributed by atoms with Crippen LogP contribution in [0.25, 0.3) is 0 Å². The number of aliphatic hydroxyl groups is 13. The molecule has 4 heterocycles. The van der Waals surface area contributed by atoms with Gasteiger partial charge in [-0.15, -0.1) is 0 Å².